The Hall–Kier alpha value is -2.25. The molecule has 2 heterocycles. The molecule has 2 atom stereocenters. The van der Waals surface area contributed by atoms with Crippen LogP contribution in [0.2, 0.25) is 0 Å². The van der Waals surface area contributed by atoms with E-state index in [1.807, 2.05) is 49.4 Å². The summed E-state index contributed by atoms with van der Waals surface area (Å²) in [5, 5.41) is 0.898. The van der Waals surface area contributed by atoms with Crippen LogP contribution in [-0.2, 0) is 16.4 Å². The molecule has 5 nitrogen and oxygen atoms in total. The molecule has 1 fully saturated rings. The van der Waals surface area contributed by atoms with E-state index in [9.17, 15) is 8.42 Å². The van der Waals surface area contributed by atoms with Crippen LogP contribution < -0.4 is 9.64 Å². The number of amidine groups is 1. The smallest absolute Gasteiger partial charge is 0.164 e. The Balaban J connectivity index is 1.62. The van der Waals surface area contributed by atoms with E-state index in [-0.39, 0.29) is 22.8 Å². The van der Waals surface area contributed by atoms with Crippen LogP contribution in [0.5, 0.6) is 5.75 Å². The van der Waals surface area contributed by atoms with E-state index in [4.69, 9.17) is 9.73 Å². The van der Waals surface area contributed by atoms with Crippen molar-refractivity contribution in [2.75, 3.05) is 23.0 Å². The molecule has 1 saturated heterocycles. The Bertz CT molecular complexity index is 1020. The number of benzene rings is 2. The summed E-state index contributed by atoms with van der Waals surface area (Å²) in [7, 11) is -2.97. The number of aliphatic imine (C=N–C) groups is 1. The fourth-order valence-corrected chi connectivity index (χ4v) is 7.35. The quantitative estimate of drug-likeness (QED) is 0.696. The highest BCUT2D eigenvalue weighted by Gasteiger charge is 2.44. The molecule has 0 saturated carbocycles. The molecule has 0 amide bonds. The van der Waals surface area contributed by atoms with Gasteiger partial charge in [0.1, 0.15) is 5.75 Å². The molecule has 29 heavy (non-hydrogen) atoms. The van der Waals surface area contributed by atoms with Crippen LogP contribution in [0, 0.1) is 0 Å². The fraction of sp³-hybridized carbons (Fsp3) is 0.318. The van der Waals surface area contributed by atoms with Crippen LogP contribution in [-0.4, -0.2) is 43.0 Å². The van der Waals surface area contributed by atoms with E-state index in [1.165, 1.54) is 0 Å². The van der Waals surface area contributed by atoms with Crippen molar-refractivity contribution in [1.82, 2.24) is 0 Å². The van der Waals surface area contributed by atoms with Crippen molar-refractivity contribution in [2.45, 2.75) is 24.8 Å². The summed E-state index contributed by atoms with van der Waals surface area (Å²) in [6.45, 7) is 7.05. The van der Waals surface area contributed by atoms with Gasteiger partial charge < -0.3 is 9.64 Å². The van der Waals surface area contributed by atoms with Crippen LogP contribution in [0.25, 0.3) is 6.08 Å². The summed E-state index contributed by atoms with van der Waals surface area (Å²) in [6.07, 6.45) is 1.83. The van der Waals surface area contributed by atoms with E-state index in [2.05, 4.69) is 23.6 Å². The minimum absolute atomic E-state index is 0.0170. The van der Waals surface area contributed by atoms with Crippen molar-refractivity contribution < 1.29 is 13.2 Å². The predicted octanol–water partition coefficient (Wildman–Crippen LogP) is 4.00. The van der Waals surface area contributed by atoms with Crippen molar-refractivity contribution in [3.8, 4) is 5.75 Å². The summed E-state index contributed by atoms with van der Waals surface area (Å²) in [5.41, 5.74) is 3.24. The molecule has 2 aliphatic heterocycles. The van der Waals surface area contributed by atoms with Gasteiger partial charge in [-0.05, 0) is 42.3 Å². The van der Waals surface area contributed by atoms with E-state index in [0.29, 0.717) is 13.2 Å². The molecular weight excluding hydrogens is 404 g/mol. The number of sulfone groups is 1. The molecule has 2 aliphatic rings. The van der Waals surface area contributed by atoms with Crippen LogP contribution in [0.15, 0.2) is 60.1 Å². The highest BCUT2D eigenvalue weighted by Crippen LogP contribution is 2.37. The van der Waals surface area contributed by atoms with Gasteiger partial charge in [-0.15, -0.1) is 0 Å². The normalized spacial score (nSPS) is 22.0. The van der Waals surface area contributed by atoms with Crippen LogP contribution in [0.4, 0.5) is 5.69 Å². The number of fused-ring (bicyclic) bond motifs is 1. The lowest BCUT2D eigenvalue weighted by Gasteiger charge is -2.25. The maximum absolute atomic E-state index is 11.9. The van der Waals surface area contributed by atoms with Crippen molar-refractivity contribution in [3.05, 3.63) is 66.2 Å². The lowest BCUT2D eigenvalue weighted by Crippen LogP contribution is -2.28. The van der Waals surface area contributed by atoms with Crippen LogP contribution >= 0.6 is 11.8 Å². The van der Waals surface area contributed by atoms with Gasteiger partial charge in [-0.3, -0.25) is 4.99 Å². The third-order valence-corrected chi connectivity index (χ3v) is 8.30. The SMILES string of the molecule is C=Cc1ccc(CN(C2=N[C@H]3CS(=O)(=O)C[C@@H]3S2)c2ccc(OCC)cc2)cc1. The Kier molecular flexibility index (Phi) is 5.69. The molecule has 0 bridgehead atoms. The van der Waals surface area contributed by atoms with E-state index < -0.39 is 9.84 Å². The van der Waals surface area contributed by atoms with Crippen molar-refractivity contribution in [2.24, 2.45) is 4.99 Å². The molecule has 0 radical (unpaired) electrons. The minimum atomic E-state index is -2.97. The zero-order chi connectivity index (χ0) is 20.4. The predicted molar refractivity (Wildman–Crippen MR) is 122 cm³/mol. The van der Waals surface area contributed by atoms with Gasteiger partial charge >= 0.3 is 0 Å². The van der Waals surface area contributed by atoms with Crippen LogP contribution in [0.3, 0.4) is 0 Å². The van der Waals surface area contributed by atoms with E-state index in [1.54, 1.807) is 11.8 Å². The Morgan fingerprint density at radius 2 is 1.90 bits per heavy atom. The second-order valence-corrected chi connectivity index (χ2v) is 10.5. The van der Waals surface area contributed by atoms with E-state index >= 15 is 0 Å². The first kappa shape index (κ1) is 20.0. The van der Waals surface area contributed by atoms with Crippen LogP contribution in [0.1, 0.15) is 18.1 Å². The number of anilines is 1. The summed E-state index contributed by atoms with van der Waals surface area (Å²) in [5.74, 6) is 1.19. The number of rotatable bonds is 6. The Morgan fingerprint density at radius 1 is 1.17 bits per heavy atom. The summed E-state index contributed by atoms with van der Waals surface area (Å²) >= 11 is 1.58. The van der Waals surface area contributed by atoms with Gasteiger partial charge in [-0.25, -0.2) is 8.42 Å². The standard InChI is InChI=1S/C22H24N2O3S2/c1-3-16-5-7-17(8-6-16)13-24(18-9-11-19(12-10-18)27-4-2)22-23-20-14-29(25,26)15-21(20)28-22/h3,5-12,20-21H,1,4,13-15H2,2H3/t20-,21-/m0/s1. The first-order valence-corrected chi connectivity index (χ1v) is 12.3. The monoisotopic (exact) mass is 428 g/mol. The third kappa shape index (κ3) is 4.51. The minimum Gasteiger partial charge on any atom is -0.494 e. The average Bonchev–Trinajstić information content (AvgIpc) is 3.21. The number of thioether (sulfide) groups is 1. The third-order valence-electron chi connectivity index (χ3n) is 5.05. The second-order valence-electron chi connectivity index (χ2n) is 7.17. The zero-order valence-corrected chi connectivity index (χ0v) is 18.0. The Morgan fingerprint density at radius 3 is 2.52 bits per heavy atom. The lowest BCUT2D eigenvalue weighted by molar-refractivity contribution is 0.340. The van der Waals surface area contributed by atoms with Gasteiger partial charge in [0.05, 0.1) is 30.7 Å². The lowest BCUT2D eigenvalue weighted by atomic mass is 10.1. The molecular formula is C22H24N2O3S2. The van der Waals surface area contributed by atoms with Gasteiger partial charge in [-0.2, -0.15) is 0 Å². The Labute approximate surface area is 176 Å². The fourth-order valence-electron chi connectivity index (χ4n) is 3.57. The number of hydrogen-bond acceptors (Lipinski definition) is 6. The summed E-state index contributed by atoms with van der Waals surface area (Å²) in [4.78, 5) is 6.95. The molecule has 0 unspecified atom stereocenters. The average molecular weight is 429 g/mol. The molecule has 7 heteroatoms. The second kappa shape index (κ2) is 8.24. The first-order chi connectivity index (χ1) is 14.0. The summed E-state index contributed by atoms with van der Waals surface area (Å²) < 4.78 is 29.4. The first-order valence-electron chi connectivity index (χ1n) is 9.64. The van der Waals surface area contributed by atoms with Gasteiger partial charge in [0, 0.05) is 10.9 Å². The topological polar surface area (TPSA) is 59.0 Å². The largest absolute Gasteiger partial charge is 0.494 e. The maximum Gasteiger partial charge on any atom is 0.164 e. The highest BCUT2D eigenvalue weighted by atomic mass is 32.2. The zero-order valence-electron chi connectivity index (χ0n) is 16.3. The number of hydrogen-bond donors (Lipinski definition) is 0. The molecule has 4 rings (SSSR count). The van der Waals surface area contributed by atoms with Gasteiger partial charge in [-0.1, -0.05) is 48.7 Å². The van der Waals surface area contributed by atoms with Gasteiger partial charge in [0.25, 0.3) is 0 Å². The summed E-state index contributed by atoms with van der Waals surface area (Å²) in [6, 6.07) is 16.1. The van der Waals surface area contributed by atoms with Gasteiger partial charge in [0.2, 0.25) is 0 Å². The van der Waals surface area contributed by atoms with Crippen molar-refractivity contribution in [1.29, 1.82) is 0 Å². The van der Waals surface area contributed by atoms with Crippen molar-refractivity contribution in [3.63, 3.8) is 0 Å². The highest BCUT2D eigenvalue weighted by molar-refractivity contribution is 8.15. The maximum atomic E-state index is 11.9. The van der Waals surface area contributed by atoms with E-state index in [0.717, 1.165) is 27.7 Å². The molecule has 152 valence electrons. The molecule has 2 aromatic carbocycles. The number of ether oxygens (including phenoxy) is 1. The number of nitrogens with zero attached hydrogens (tertiary/aromatic N) is 2. The molecule has 0 aromatic heterocycles. The van der Waals surface area contributed by atoms with Crippen molar-refractivity contribution >= 4 is 38.5 Å². The molecule has 0 aliphatic carbocycles. The molecule has 2 aromatic rings. The molecule has 0 spiro atoms. The molecule has 0 N–H and O–H groups in total. The van der Waals surface area contributed by atoms with Gasteiger partial charge in [0.15, 0.2) is 15.0 Å².